The van der Waals surface area contributed by atoms with Gasteiger partial charge in [0.15, 0.2) is 0 Å². The Kier molecular flexibility index (Phi) is 2.27. The first-order chi connectivity index (χ1) is 6.48. The molecule has 0 aromatic heterocycles. The molecule has 14 heavy (non-hydrogen) atoms. The smallest absolute Gasteiger partial charge is 0.393 e. The standard InChI is InChI=1S/C9H14F3NO/c10-9(11,12)7-4-8(6-14)2-1-3-13(8)5-7/h7,14H,1-6H2/t7-,8-/m0/s1. The summed E-state index contributed by atoms with van der Waals surface area (Å²) in [5.41, 5.74) is -0.555. The second-order valence-corrected chi connectivity index (χ2v) is 4.37. The number of nitrogens with zero attached hydrogens (tertiary/aromatic N) is 1. The molecule has 2 aliphatic heterocycles. The molecule has 0 amide bonds. The van der Waals surface area contributed by atoms with Crippen molar-refractivity contribution in [1.29, 1.82) is 0 Å². The number of rotatable bonds is 1. The van der Waals surface area contributed by atoms with Gasteiger partial charge in [-0.25, -0.2) is 0 Å². The largest absolute Gasteiger partial charge is 0.394 e. The Morgan fingerprint density at radius 1 is 1.43 bits per heavy atom. The minimum atomic E-state index is -4.10. The Bertz CT molecular complexity index is 231. The summed E-state index contributed by atoms with van der Waals surface area (Å²) in [7, 11) is 0. The molecule has 0 unspecified atom stereocenters. The number of halogens is 3. The van der Waals surface area contributed by atoms with Gasteiger partial charge in [0, 0.05) is 12.1 Å². The van der Waals surface area contributed by atoms with E-state index in [1.807, 2.05) is 4.90 Å². The van der Waals surface area contributed by atoms with Crippen LogP contribution in [0.1, 0.15) is 19.3 Å². The predicted molar refractivity (Wildman–Crippen MR) is 44.8 cm³/mol. The van der Waals surface area contributed by atoms with Gasteiger partial charge < -0.3 is 5.11 Å². The van der Waals surface area contributed by atoms with Crippen LogP contribution in [0.5, 0.6) is 0 Å². The minimum Gasteiger partial charge on any atom is -0.394 e. The van der Waals surface area contributed by atoms with E-state index in [2.05, 4.69) is 0 Å². The van der Waals surface area contributed by atoms with Crippen molar-refractivity contribution in [2.24, 2.45) is 5.92 Å². The molecule has 0 aromatic carbocycles. The van der Waals surface area contributed by atoms with E-state index in [1.54, 1.807) is 0 Å². The first-order valence-corrected chi connectivity index (χ1v) is 4.91. The van der Waals surface area contributed by atoms with Gasteiger partial charge in [-0.2, -0.15) is 13.2 Å². The Balaban J connectivity index is 2.13. The zero-order valence-corrected chi connectivity index (χ0v) is 7.85. The molecule has 2 rings (SSSR count). The fraction of sp³-hybridized carbons (Fsp3) is 1.00. The first kappa shape index (κ1) is 10.2. The van der Waals surface area contributed by atoms with Crippen LogP contribution in [0, 0.1) is 5.92 Å². The molecule has 0 radical (unpaired) electrons. The van der Waals surface area contributed by atoms with Crippen LogP contribution in [0.2, 0.25) is 0 Å². The summed E-state index contributed by atoms with van der Waals surface area (Å²) < 4.78 is 37.4. The van der Waals surface area contributed by atoms with E-state index in [0.29, 0.717) is 13.0 Å². The van der Waals surface area contributed by atoms with Crippen molar-refractivity contribution in [3.8, 4) is 0 Å². The van der Waals surface area contributed by atoms with E-state index >= 15 is 0 Å². The van der Waals surface area contributed by atoms with Crippen molar-refractivity contribution >= 4 is 0 Å². The Labute approximate surface area is 80.7 Å². The van der Waals surface area contributed by atoms with Crippen molar-refractivity contribution in [2.75, 3.05) is 19.7 Å². The normalized spacial score (nSPS) is 39.0. The highest BCUT2D eigenvalue weighted by atomic mass is 19.4. The molecule has 2 heterocycles. The predicted octanol–water partition coefficient (Wildman–Crippen LogP) is 1.40. The highest BCUT2D eigenvalue weighted by Crippen LogP contribution is 2.46. The van der Waals surface area contributed by atoms with Crippen molar-refractivity contribution in [2.45, 2.75) is 31.0 Å². The average molecular weight is 209 g/mol. The lowest BCUT2D eigenvalue weighted by Crippen LogP contribution is -2.41. The van der Waals surface area contributed by atoms with Crippen LogP contribution in [-0.2, 0) is 0 Å². The molecular formula is C9H14F3NO. The number of alkyl halides is 3. The summed E-state index contributed by atoms with van der Waals surface area (Å²) >= 11 is 0. The summed E-state index contributed by atoms with van der Waals surface area (Å²) in [5.74, 6) is -1.24. The first-order valence-electron chi connectivity index (χ1n) is 4.91. The lowest BCUT2D eigenvalue weighted by molar-refractivity contribution is -0.171. The van der Waals surface area contributed by atoms with E-state index in [1.165, 1.54) is 0 Å². The van der Waals surface area contributed by atoms with Crippen LogP contribution in [-0.4, -0.2) is 41.4 Å². The fourth-order valence-corrected chi connectivity index (χ4v) is 2.76. The highest BCUT2D eigenvalue weighted by molar-refractivity contribution is 5.04. The molecular weight excluding hydrogens is 195 g/mol. The molecule has 2 fully saturated rings. The molecule has 0 aliphatic carbocycles. The topological polar surface area (TPSA) is 23.5 Å². The Hall–Kier alpha value is -0.290. The molecule has 0 spiro atoms. The van der Waals surface area contributed by atoms with Crippen LogP contribution < -0.4 is 0 Å². The number of hydrogen-bond donors (Lipinski definition) is 1. The molecule has 2 nitrogen and oxygen atoms in total. The van der Waals surface area contributed by atoms with Gasteiger partial charge >= 0.3 is 6.18 Å². The summed E-state index contributed by atoms with van der Waals surface area (Å²) in [4.78, 5) is 1.81. The maximum Gasteiger partial charge on any atom is 0.393 e. The van der Waals surface area contributed by atoms with Crippen molar-refractivity contribution in [1.82, 2.24) is 4.90 Å². The van der Waals surface area contributed by atoms with Gasteiger partial charge in [0.1, 0.15) is 0 Å². The quantitative estimate of drug-likeness (QED) is 0.705. The molecule has 2 saturated heterocycles. The maximum absolute atomic E-state index is 12.5. The molecule has 2 atom stereocenters. The third-order valence-corrected chi connectivity index (χ3v) is 3.57. The van der Waals surface area contributed by atoms with Gasteiger partial charge in [-0.05, 0) is 25.8 Å². The lowest BCUT2D eigenvalue weighted by Gasteiger charge is -2.29. The minimum absolute atomic E-state index is 0.0735. The SMILES string of the molecule is OC[C@@]12CCCN1C[C@@H](C(F)(F)F)C2. The van der Waals surface area contributed by atoms with E-state index in [0.717, 1.165) is 6.42 Å². The van der Waals surface area contributed by atoms with Crippen molar-refractivity contribution in [3.63, 3.8) is 0 Å². The zero-order chi connectivity index (χ0) is 10.4. The summed E-state index contributed by atoms with van der Waals surface area (Å²) in [5, 5.41) is 9.20. The second-order valence-electron chi connectivity index (χ2n) is 4.37. The molecule has 82 valence electrons. The fourth-order valence-electron chi connectivity index (χ4n) is 2.76. The van der Waals surface area contributed by atoms with E-state index in [4.69, 9.17) is 0 Å². The number of hydrogen-bond acceptors (Lipinski definition) is 2. The van der Waals surface area contributed by atoms with Crippen molar-refractivity contribution < 1.29 is 18.3 Å². The zero-order valence-electron chi connectivity index (χ0n) is 7.85. The van der Waals surface area contributed by atoms with Gasteiger partial charge in [0.25, 0.3) is 0 Å². The van der Waals surface area contributed by atoms with Gasteiger partial charge in [-0.1, -0.05) is 0 Å². The van der Waals surface area contributed by atoms with Gasteiger partial charge in [0.2, 0.25) is 0 Å². The lowest BCUT2D eigenvalue weighted by atomic mass is 9.91. The third kappa shape index (κ3) is 1.42. The van der Waals surface area contributed by atoms with Gasteiger partial charge in [-0.3, -0.25) is 4.90 Å². The summed E-state index contributed by atoms with van der Waals surface area (Å²) in [6.45, 7) is 0.636. The third-order valence-electron chi connectivity index (χ3n) is 3.57. The highest BCUT2D eigenvalue weighted by Gasteiger charge is 2.55. The number of fused-ring (bicyclic) bond motifs is 1. The van der Waals surface area contributed by atoms with E-state index in [-0.39, 0.29) is 19.6 Å². The van der Waals surface area contributed by atoms with E-state index in [9.17, 15) is 18.3 Å². The summed E-state index contributed by atoms with van der Waals surface area (Å²) in [6, 6.07) is 0. The Morgan fingerprint density at radius 2 is 2.14 bits per heavy atom. The monoisotopic (exact) mass is 209 g/mol. The van der Waals surface area contributed by atoms with Gasteiger partial charge in [0.05, 0.1) is 12.5 Å². The number of aliphatic hydroxyl groups excluding tert-OH is 1. The molecule has 1 N–H and O–H groups in total. The second kappa shape index (κ2) is 3.10. The Morgan fingerprint density at radius 3 is 2.64 bits per heavy atom. The van der Waals surface area contributed by atoms with Crippen molar-refractivity contribution in [3.05, 3.63) is 0 Å². The van der Waals surface area contributed by atoms with Crippen LogP contribution >= 0.6 is 0 Å². The van der Waals surface area contributed by atoms with Crippen LogP contribution in [0.15, 0.2) is 0 Å². The number of aliphatic hydroxyl groups is 1. The molecule has 5 heteroatoms. The molecule has 0 bridgehead atoms. The molecule has 2 aliphatic rings. The average Bonchev–Trinajstić information content (AvgIpc) is 2.56. The maximum atomic E-state index is 12.5. The summed E-state index contributed by atoms with van der Waals surface area (Å²) in [6.07, 6.45) is -2.42. The van der Waals surface area contributed by atoms with Crippen LogP contribution in [0.25, 0.3) is 0 Å². The van der Waals surface area contributed by atoms with Gasteiger partial charge in [-0.15, -0.1) is 0 Å². The van der Waals surface area contributed by atoms with E-state index < -0.39 is 17.6 Å². The molecule has 0 aromatic rings. The van der Waals surface area contributed by atoms with Crippen LogP contribution in [0.4, 0.5) is 13.2 Å². The molecule has 0 saturated carbocycles. The van der Waals surface area contributed by atoms with Crippen LogP contribution in [0.3, 0.4) is 0 Å².